The number of fused-ring (bicyclic) bond motifs is 1. The highest BCUT2D eigenvalue weighted by atomic mass is 19.3. The number of imidazole rings is 1. The maximum absolute atomic E-state index is 13.1. The van der Waals surface area contributed by atoms with Crippen LogP contribution in [0.2, 0.25) is 0 Å². The molecule has 6 nitrogen and oxygen atoms in total. The van der Waals surface area contributed by atoms with Crippen LogP contribution in [0.15, 0.2) is 30.6 Å². The first-order valence-electron chi connectivity index (χ1n) is 7.21. The molecule has 118 valence electrons. The van der Waals surface area contributed by atoms with Crippen molar-refractivity contribution in [3.05, 3.63) is 36.4 Å². The van der Waals surface area contributed by atoms with Gasteiger partial charge in [-0.1, -0.05) is 6.07 Å². The molecule has 0 atom stereocenters. The molecule has 1 saturated carbocycles. The summed E-state index contributed by atoms with van der Waals surface area (Å²) >= 11 is 0. The number of aromatic nitrogens is 4. The van der Waals surface area contributed by atoms with Crippen molar-refractivity contribution in [3.63, 3.8) is 0 Å². The number of phenols is 1. The predicted molar refractivity (Wildman–Crippen MR) is 79.9 cm³/mol. The maximum atomic E-state index is 13.1. The van der Waals surface area contributed by atoms with Gasteiger partial charge in [0.05, 0.1) is 5.69 Å². The third-order valence-corrected chi connectivity index (χ3v) is 3.63. The number of phenolic OH excluding ortho intramolecular Hbond substituents is 1. The van der Waals surface area contributed by atoms with Crippen LogP contribution in [0.4, 0.5) is 14.6 Å². The molecular formula is C15H13F2N5O. The fourth-order valence-electron chi connectivity index (χ4n) is 2.37. The number of alkyl halides is 2. The zero-order valence-corrected chi connectivity index (χ0v) is 11.9. The number of benzene rings is 1. The minimum Gasteiger partial charge on any atom is -0.508 e. The van der Waals surface area contributed by atoms with Gasteiger partial charge in [-0.2, -0.15) is 0 Å². The summed E-state index contributed by atoms with van der Waals surface area (Å²) in [6, 6.07) is 6.69. The lowest BCUT2D eigenvalue weighted by Crippen LogP contribution is -2.08. The molecule has 2 aromatic heterocycles. The Balaban J connectivity index is 1.90. The molecule has 0 radical (unpaired) electrons. The topological polar surface area (TPSA) is 75.9 Å². The molecule has 2 heterocycles. The van der Waals surface area contributed by atoms with Crippen molar-refractivity contribution in [2.45, 2.75) is 25.3 Å². The van der Waals surface area contributed by atoms with Crippen molar-refractivity contribution < 1.29 is 13.9 Å². The predicted octanol–water partition coefficient (Wildman–Crippen LogP) is 3.03. The van der Waals surface area contributed by atoms with E-state index in [0.29, 0.717) is 17.0 Å². The Morgan fingerprint density at radius 1 is 1.26 bits per heavy atom. The lowest BCUT2D eigenvalue weighted by Gasteiger charge is -2.09. The average molecular weight is 317 g/mol. The Kier molecular flexibility index (Phi) is 3.10. The van der Waals surface area contributed by atoms with Crippen molar-refractivity contribution in [3.8, 4) is 11.4 Å². The van der Waals surface area contributed by atoms with E-state index in [1.165, 1.54) is 18.5 Å². The Bertz CT molecular complexity index is 875. The SMILES string of the molecule is Oc1cccc(-n2cnc3c(NC4CC4)nc(C(F)F)nc32)c1. The molecular weight excluding hydrogens is 304 g/mol. The number of halogens is 2. The molecule has 0 saturated heterocycles. The maximum Gasteiger partial charge on any atom is 0.297 e. The second-order valence-electron chi connectivity index (χ2n) is 5.46. The molecule has 23 heavy (non-hydrogen) atoms. The van der Waals surface area contributed by atoms with Crippen LogP contribution in [-0.4, -0.2) is 30.7 Å². The molecule has 1 aromatic carbocycles. The molecule has 0 amide bonds. The van der Waals surface area contributed by atoms with E-state index >= 15 is 0 Å². The van der Waals surface area contributed by atoms with Crippen molar-refractivity contribution in [2.24, 2.45) is 0 Å². The number of nitrogens with zero attached hydrogens (tertiary/aromatic N) is 4. The van der Waals surface area contributed by atoms with Crippen LogP contribution in [-0.2, 0) is 0 Å². The summed E-state index contributed by atoms with van der Waals surface area (Å²) in [6.07, 6.45) is 0.694. The standard InChI is InChI=1S/C15H13F2N5O/c16-12(17)14-20-13(19-8-4-5-8)11-15(21-14)22(7-18-11)9-2-1-3-10(23)6-9/h1-3,6-8,12,23H,4-5H2,(H,19,20,21). The van der Waals surface area contributed by atoms with Gasteiger partial charge in [0.25, 0.3) is 6.43 Å². The molecule has 0 bridgehead atoms. The number of nitrogens with one attached hydrogen (secondary N) is 1. The Labute approximate surface area is 129 Å². The minimum absolute atomic E-state index is 0.0730. The van der Waals surface area contributed by atoms with Gasteiger partial charge >= 0.3 is 0 Å². The van der Waals surface area contributed by atoms with Gasteiger partial charge in [0.1, 0.15) is 12.1 Å². The average Bonchev–Trinajstić information content (AvgIpc) is 3.23. The summed E-state index contributed by atoms with van der Waals surface area (Å²) in [6.45, 7) is 0. The molecule has 3 aromatic rings. The van der Waals surface area contributed by atoms with E-state index in [4.69, 9.17) is 0 Å². The van der Waals surface area contributed by atoms with Gasteiger partial charge in [0, 0.05) is 12.1 Å². The minimum atomic E-state index is -2.77. The van der Waals surface area contributed by atoms with Crippen molar-refractivity contribution >= 4 is 17.0 Å². The summed E-state index contributed by atoms with van der Waals surface area (Å²) in [7, 11) is 0. The summed E-state index contributed by atoms with van der Waals surface area (Å²) in [5.74, 6) is -0.141. The van der Waals surface area contributed by atoms with Crippen LogP contribution < -0.4 is 5.32 Å². The van der Waals surface area contributed by atoms with Crippen LogP contribution in [0.25, 0.3) is 16.9 Å². The molecule has 8 heteroatoms. The second kappa shape index (κ2) is 5.15. The van der Waals surface area contributed by atoms with Crippen LogP contribution in [0.3, 0.4) is 0 Å². The van der Waals surface area contributed by atoms with Gasteiger partial charge in [-0.05, 0) is 25.0 Å². The summed E-state index contributed by atoms with van der Waals surface area (Å²) in [4.78, 5) is 12.1. The van der Waals surface area contributed by atoms with Crippen LogP contribution in [0, 0.1) is 0 Å². The largest absolute Gasteiger partial charge is 0.508 e. The monoisotopic (exact) mass is 317 g/mol. The first-order chi connectivity index (χ1) is 11.1. The lowest BCUT2D eigenvalue weighted by molar-refractivity contribution is 0.141. The van der Waals surface area contributed by atoms with Gasteiger partial charge in [-0.3, -0.25) is 4.57 Å². The summed E-state index contributed by atoms with van der Waals surface area (Å²) in [5, 5.41) is 12.7. The number of rotatable bonds is 4. The molecule has 1 aliphatic rings. The highest BCUT2D eigenvalue weighted by Gasteiger charge is 2.25. The lowest BCUT2D eigenvalue weighted by atomic mass is 10.3. The normalized spacial score (nSPS) is 14.6. The third kappa shape index (κ3) is 2.56. The van der Waals surface area contributed by atoms with Crippen molar-refractivity contribution in [1.29, 1.82) is 0 Å². The van der Waals surface area contributed by atoms with Gasteiger partial charge < -0.3 is 10.4 Å². The number of aromatic hydroxyl groups is 1. The molecule has 0 unspecified atom stereocenters. The summed E-state index contributed by atoms with van der Waals surface area (Å²) in [5.41, 5.74) is 1.30. The van der Waals surface area contributed by atoms with E-state index in [2.05, 4.69) is 20.3 Å². The highest BCUT2D eigenvalue weighted by Crippen LogP contribution is 2.30. The van der Waals surface area contributed by atoms with Crippen LogP contribution in [0.1, 0.15) is 25.1 Å². The van der Waals surface area contributed by atoms with Gasteiger partial charge in [0.15, 0.2) is 22.8 Å². The molecule has 1 fully saturated rings. The van der Waals surface area contributed by atoms with E-state index < -0.39 is 12.2 Å². The van der Waals surface area contributed by atoms with E-state index in [-0.39, 0.29) is 17.4 Å². The molecule has 1 aliphatic carbocycles. The van der Waals surface area contributed by atoms with E-state index in [1.54, 1.807) is 16.7 Å². The smallest absolute Gasteiger partial charge is 0.297 e. The van der Waals surface area contributed by atoms with Crippen LogP contribution in [0.5, 0.6) is 5.75 Å². The Morgan fingerprint density at radius 2 is 2.09 bits per heavy atom. The fraction of sp³-hybridized carbons (Fsp3) is 0.267. The van der Waals surface area contributed by atoms with Gasteiger partial charge in [-0.25, -0.2) is 23.7 Å². The Morgan fingerprint density at radius 3 is 2.78 bits per heavy atom. The molecule has 2 N–H and O–H groups in total. The van der Waals surface area contributed by atoms with Gasteiger partial charge in [-0.15, -0.1) is 0 Å². The van der Waals surface area contributed by atoms with Crippen LogP contribution >= 0.6 is 0 Å². The van der Waals surface area contributed by atoms with Crippen molar-refractivity contribution in [2.75, 3.05) is 5.32 Å². The number of hydrogen-bond donors (Lipinski definition) is 2. The highest BCUT2D eigenvalue weighted by molar-refractivity contribution is 5.84. The quantitative estimate of drug-likeness (QED) is 0.773. The zero-order valence-electron chi connectivity index (χ0n) is 11.9. The first kappa shape index (κ1) is 13.9. The molecule has 4 rings (SSSR count). The third-order valence-electron chi connectivity index (χ3n) is 3.63. The van der Waals surface area contributed by atoms with E-state index in [9.17, 15) is 13.9 Å². The Hall–Kier alpha value is -2.77. The number of hydrogen-bond acceptors (Lipinski definition) is 5. The fourth-order valence-corrected chi connectivity index (χ4v) is 2.37. The molecule has 0 spiro atoms. The zero-order chi connectivity index (χ0) is 16.0. The van der Waals surface area contributed by atoms with E-state index in [0.717, 1.165) is 12.8 Å². The second-order valence-corrected chi connectivity index (χ2v) is 5.46. The van der Waals surface area contributed by atoms with E-state index in [1.807, 2.05) is 0 Å². The summed E-state index contributed by atoms with van der Waals surface area (Å²) < 4.78 is 27.8. The molecule has 0 aliphatic heterocycles. The van der Waals surface area contributed by atoms with Gasteiger partial charge in [0.2, 0.25) is 0 Å². The first-order valence-corrected chi connectivity index (χ1v) is 7.21. The number of anilines is 1. The van der Waals surface area contributed by atoms with Crippen molar-refractivity contribution in [1.82, 2.24) is 19.5 Å².